The zero-order valence-electron chi connectivity index (χ0n) is 19.1. The molecule has 184 valence electrons. The predicted molar refractivity (Wildman–Crippen MR) is 128 cm³/mol. The number of fused-ring (bicyclic) bond motifs is 2. The van der Waals surface area contributed by atoms with Crippen LogP contribution in [-0.4, -0.2) is 43.4 Å². The third-order valence-electron chi connectivity index (χ3n) is 5.90. The molecule has 0 atom stereocenters. The van der Waals surface area contributed by atoms with Crippen LogP contribution in [0.2, 0.25) is 0 Å². The van der Waals surface area contributed by atoms with Gasteiger partial charge in [-0.2, -0.15) is 0 Å². The highest BCUT2D eigenvalue weighted by atomic mass is 19.1. The Hall–Kier alpha value is -4.93. The number of carbonyl (C=O) groups is 1. The summed E-state index contributed by atoms with van der Waals surface area (Å²) in [5.74, 6) is -0.335. The highest BCUT2D eigenvalue weighted by Gasteiger charge is 2.22. The average Bonchev–Trinajstić information content (AvgIpc) is 3.23. The molecule has 0 spiro atoms. The van der Waals surface area contributed by atoms with Gasteiger partial charge in [0.15, 0.2) is 17.3 Å². The fourth-order valence-corrected chi connectivity index (χ4v) is 4.13. The second-order valence-electron chi connectivity index (χ2n) is 8.27. The van der Waals surface area contributed by atoms with Crippen LogP contribution in [0.4, 0.5) is 8.78 Å². The third-order valence-corrected chi connectivity index (χ3v) is 5.90. The first-order valence-electron chi connectivity index (χ1n) is 11.3. The van der Waals surface area contributed by atoms with Gasteiger partial charge in [-0.05, 0) is 66.7 Å². The van der Waals surface area contributed by atoms with Gasteiger partial charge in [0, 0.05) is 16.7 Å². The van der Waals surface area contributed by atoms with Crippen molar-refractivity contribution in [1.82, 2.24) is 24.4 Å². The molecular weight excluding hydrogens is 484 g/mol. The van der Waals surface area contributed by atoms with Crippen LogP contribution in [0, 0.1) is 11.6 Å². The lowest BCUT2D eigenvalue weighted by Crippen LogP contribution is -2.26. The van der Waals surface area contributed by atoms with Gasteiger partial charge in [-0.1, -0.05) is 0 Å². The summed E-state index contributed by atoms with van der Waals surface area (Å²) in [6.07, 6.45) is 0. The largest absolute Gasteiger partial charge is 0.486 e. The van der Waals surface area contributed by atoms with Crippen molar-refractivity contribution in [3.8, 4) is 34.0 Å². The van der Waals surface area contributed by atoms with E-state index in [0.717, 1.165) is 4.68 Å². The molecule has 6 rings (SSSR count). The molecule has 9 nitrogen and oxygen atoms in total. The first-order valence-corrected chi connectivity index (χ1v) is 11.3. The van der Waals surface area contributed by atoms with Crippen molar-refractivity contribution in [3.05, 3.63) is 94.4 Å². The first-order chi connectivity index (χ1) is 18.0. The number of Topliss-reactive ketones (excluding diaryl/α,β-unsaturated/α-hetero) is 1. The van der Waals surface area contributed by atoms with Crippen LogP contribution in [0.25, 0.3) is 28.3 Å². The standard InChI is InChI=1S/C26H17F2N5O4/c27-18-6-1-15(2-7-18)23-24(16-3-8-19(28)9-4-16)33-25(30-29-23)31-32(26(33)35)14-20(34)17-5-10-21-22(13-17)37-12-11-36-21/h1-10,13H,11-12,14H2. The summed E-state index contributed by atoms with van der Waals surface area (Å²) in [6, 6.07) is 15.8. The monoisotopic (exact) mass is 501 g/mol. The van der Waals surface area contributed by atoms with Crippen LogP contribution >= 0.6 is 0 Å². The zero-order valence-corrected chi connectivity index (χ0v) is 19.1. The van der Waals surface area contributed by atoms with E-state index in [0.29, 0.717) is 41.4 Å². The Morgan fingerprint density at radius 2 is 1.49 bits per heavy atom. The van der Waals surface area contributed by atoms with Crippen molar-refractivity contribution < 1.29 is 23.0 Å². The normalized spacial score (nSPS) is 12.6. The minimum Gasteiger partial charge on any atom is -0.486 e. The number of carbonyl (C=O) groups excluding carboxylic acids is 1. The molecule has 0 amide bonds. The quantitative estimate of drug-likeness (QED) is 0.340. The van der Waals surface area contributed by atoms with Crippen LogP contribution in [0.1, 0.15) is 10.4 Å². The minimum atomic E-state index is -0.640. The van der Waals surface area contributed by atoms with Gasteiger partial charge in [-0.15, -0.1) is 15.3 Å². The molecule has 1 aliphatic heterocycles. The van der Waals surface area contributed by atoms with Crippen LogP contribution < -0.4 is 15.2 Å². The SMILES string of the molecule is O=C(Cn1nc2nnc(-c3ccc(F)cc3)c(-c3ccc(F)cc3)n2c1=O)c1ccc2c(c1)OCCO2. The molecule has 0 saturated heterocycles. The molecule has 3 heterocycles. The van der Waals surface area contributed by atoms with Crippen LogP contribution in [0.5, 0.6) is 11.5 Å². The Morgan fingerprint density at radius 3 is 2.19 bits per heavy atom. The topological polar surface area (TPSA) is 101 Å². The van der Waals surface area contributed by atoms with E-state index in [2.05, 4.69) is 15.3 Å². The smallest absolute Gasteiger partial charge is 0.352 e. The van der Waals surface area contributed by atoms with E-state index in [1.165, 1.54) is 52.9 Å². The van der Waals surface area contributed by atoms with Gasteiger partial charge < -0.3 is 9.47 Å². The summed E-state index contributed by atoms with van der Waals surface area (Å²) in [4.78, 5) is 26.5. The van der Waals surface area contributed by atoms with Crippen LogP contribution in [0.15, 0.2) is 71.5 Å². The zero-order chi connectivity index (χ0) is 25.5. The molecule has 37 heavy (non-hydrogen) atoms. The van der Waals surface area contributed by atoms with Gasteiger partial charge in [0.1, 0.15) is 37.1 Å². The lowest BCUT2D eigenvalue weighted by Gasteiger charge is -2.18. The number of ether oxygens (including phenoxy) is 2. The summed E-state index contributed by atoms with van der Waals surface area (Å²) >= 11 is 0. The Labute approximate surface area is 207 Å². The van der Waals surface area contributed by atoms with E-state index in [4.69, 9.17) is 9.47 Å². The summed E-state index contributed by atoms with van der Waals surface area (Å²) in [6.45, 7) is 0.433. The summed E-state index contributed by atoms with van der Waals surface area (Å²) < 4.78 is 40.4. The van der Waals surface area contributed by atoms with Gasteiger partial charge in [0.05, 0.1) is 5.69 Å². The maximum Gasteiger partial charge on any atom is 0.352 e. The third kappa shape index (κ3) is 4.10. The summed E-state index contributed by atoms with van der Waals surface area (Å²) in [5, 5.41) is 12.5. The Bertz CT molecular complexity index is 1710. The van der Waals surface area contributed by atoms with Crippen molar-refractivity contribution in [2.75, 3.05) is 13.2 Å². The van der Waals surface area contributed by atoms with Gasteiger partial charge in [0.25, 0.3) is 5.78 Å². The molecule has 0 unspecified atom stereocenters. The maximum atomic E-state index is 13.7. The van der Waals surface area contributed by atoms with Crippen LogP contribution in [-0.2, 0) is 6.54 Å². The number of nitrogens with zero attached hydrogens (tertiary/aromatic N) is 5. The summed E-state index contributed by atoms with van der Waals surface area (Å²) in [7, 11) is 0. The molecule has 0 radical (unpaired) electrons. The number of ketones is 1. The fourth-order valence-electron chi connectivity index (χ4n) is 4.13. The van der Waals surface area contributed by atoms with Crippen molar-refractivity contribution in [2.24, 2.45) is 0 Å². The number of hydrogen-bond acceptors (Lipinski definition) is 7. The first kappa shape index (κ1) is 22.5. The molecule has 0 aliphatic carbocycles. The van der Waals surface area contributed by atoms with Crippen LogP contribution in [0.3, 0.4) is 0 Å². The highest BCUT2D eigenvalue weighted by molar-refractivity contribution is 5.96. The second kappa shape index (κ2) is 8.94. The number of halogens is 2. The Morgan fingerprint density at radius 1 is 0.838 bits per heavy atom. The van der Waals surface area contributed by atoms with E-state index in [9.17, 15) is 18.4 Å². The van der Waals surface area contributed by atoms with Gasteiger partial charge in [-0.3, -0.25) is 4.79 Å². The number of aromatic nitrogens is 5. The summed E-state index contributed by atoms with van der Waals surface area (Å²) in [5.41, 5.74) is 1.17. The second-order valence-corrected chi connectivity index (χ2v) is 8.27. The number of hydrogen-bond donors (Lipinski definition) is 0. The molecule has 11 heteroatoms. The minimum absolute atomic E-state index is 0.0508. The molecule has 5 aromatic rings. The molecule has 0 saturated carbocycles. The molecule has 3 aromatic carbocycles. The Balaban J connectivity index is 1.46. The van der Waals surface area contributed by atoms with Gasteiger partial charge >= 0.3 is 5.69 Å². The van der Waals surface area contributed by atoms with E-state index in [1.54, 1.807) is 18.2 Å². The number of rotatable bonds is 5. The molecule has 2 aromatic heterocycles. The lowest BCUT2D eigenvalue weighted by molar-refractivity contribution is 0.0965. The highest BCUT2D eigenvalue weighted by Crippen LogP contribution is 2.32. The number of benzene rings is 3. The lowest BCUT2D eigenvalue weighted by atomic mass is 10.0. The molecule has 0 N–H and O–H groups in total. The van der Waals surface area contributed by atoms with E-state index < -0.39 is 17.3 Å². The van der Waals surface area contributed by atoms with Gasteiger partial charge in [0.2, 0.25) is 0 Å². The van der Waals surface area contributed by atoms with Crippen molar-refractivity contribution in [1.29, 1.82) is 0 Å². The van der Waals surface area contributed by atoms with E-state index in [1.807, 2.05) is 0 Å². The fraction of sp³-hybridized carbons (Fsp3) is 0.115. The van der Waals surface area contributed by atoms with Crippen molar-refractivity contribution in [2.45, 2.75) is 6.54 Å². The molecule has 0 fully saturated rings. The van der Waals surface area contributed by atoms with Crippen molar-refractivity contribution >= 4 is 11.6 Å². The predicted octanol–water partition coefficient (Wildman–Crippen LogP) is 3.55. The molecule has 1 aliphatic rings. The van der Waals surface area contributed by atoms with E-state index >= 15 is 0 Å². The average molecular weight is 501 g/mol. The van der Waals surface area contributed by atoms with E-state index in [-0.39, 0.29) is 29.5 Å². The Kier molecular flexibility index (Phi) is 5.44. The molecule has 0 bridgehead atoms. The molecular formula is C26H17F2N5O4. The van der Waals surface area contributed by atoms with Crippen molar-refractivity contribution in [3.63, 3.8) is 0 Å². The maximum absolute atomic E-state index is 13.7. The van der Waals surface area contributed by atoms with Gasteiger partial charge in [-0.25, -0.2) is 22.7 Å².